The average Bonchev–Trinajstić information content (AvgIpc) is 2.98. The molecule has 2 aliphatic rings. The van der Waals surface area contributed by atoms with Crippen LogP contribution in [0.25, 0.3) is 0 Å². The SMILES string of the molecule is Cn1nc(C2CC2)nc1CN1CCCC1C(=O)NCc1ccco1. The molecule has 1 N–H and O–H groups in total. The minimum atomic E-state index is -0.0963. The van der Waals surface area contributed by atoms with Crippen LogP contribution >= 0.6 is 0 Å². The van der Waals surface area contributed by atoms with E-state index in [1.54, 1.807) is 6.26 Å². The standard InChI is InChI=1S/C17H23N5O2/c1-21-15(19-16(20-21)12-6-7-12)11-22-8-2-5-14(22)17(23)18-10-13-4-3-9-24-13/h3-4,9,12,14H,2,5-8,10-11H2,1H3,(H,18,23). The first-order valence-electron chi connectivity index (χ1n) is 8.64. The van der Waals surface area contributed by atoms with Gasteiger partial charge in [-0.05, 0) is 44.4 Å². The van der Waals surface area contributed by atoms with E-state index in [1.165, 1.54) is 12.8 Å². The van der Waals surface area contributed by atoms with E-state index in [0.717, 1.165) is 36.8 Å². The Labute approximate surface area is 141 Å². The van der Waals surface area contributed by atoms with Crippen molar-refractivity contribution >= 4 is 5.91 Å². The van der Waals surface area contributed by atoms with Crippen molar-refractivity contribution in [2.75, 3.05) is 6.54 Å². The van der Waals surface area contributed by atoms with Gasteiger partial charge in [-0.1, -0.05) is 0 Å². The van der Waals surface area contributed by atoms with E-state index in [-0.39, 0.29) is 11.9 Å². The number of carbonyl (C=O) groups is 1. The molecule has 0 bridgehead atoms. The highest BCUT2D eigenvalue weighted by atomic mass is 16.3. The molecule has 2 aromatic rings. The van der Waals surface area contributed by atoms with Crippen LogP contribution in [0.1, 0.15) is 49.0 Å². The zero-order chi connectivity index (χ0) is 16.5. The van der Waals surface area contributed by atoms with Gasteiger partial charge in [0.2, 0.25) is 5.91 Å². The Kier molecular flexibility index (Phi) is 4.10. The van der Waals surface area contributed by atoms with E-state index >= 15 is 0 Å². The number of rotatable bonds is 6. The van der Waals surface area contributed by atoms with Gasteiger partial charge in [0.25, 0.3) is 0 Å². The number of hydrogen-bond acceptors (Lipinski definition) is 5. The van der Waals surface area contributed by atoms with Gasteiger partial charge in [-0.3, -0.25) is 14.4 Å². The predicted octanol–water partition coefficient (Wildman–Crippen LogP) is 1.57. The number of aromatic nitrogens is 3. The van der Waals surface area contributed by atoms with Gasteiger partial charge in [-0.2, -0.15) is 5.10 Å². The van der Waals surface area contributed by atoms with Crippen molar-refractivity contribution in [3.05, 3.63) is 35.8 Å². The molecule has 1 aliphatic carbocycles. The van der Waals surface area contributed by atoms with Gasteiger partial charge in [0.05, 0.1) is 25.4 Å². The zero-order valence-corrected chi connectivity index (χ0v) is 13.9. The maximum absolute atomic E-state index is 12.5. The van der Waals surface area contributed by atoms with Gasteiger partial charge in [-0.25, -0.2) is 4.98 Å². The van der Waals surface area contributed by atoms with Crippen molar-refractivity contribution in [1.82, 2.24) is 25.0 Å². The molecule has 7 nitrogen and oxygen atoms in total. The number of furan rings is 1. The van der Waals surface area contributed by atoms with Crippen LogP contribution in [0.4, 0.5) is 0 Å². The van der Waals surface area contributed by atoms with E-state index in [2.05, 4.69) is 20.3 Å². The van der Waals surface area contributed by atoms with E-state index in [9.17, 15) is 4.79 Å². The lowest BCUT2D eigenvalue weighted by Gasteiger charge is -2.22. The number of amides is 1. The second kappa shape index (κ2) is 6.39. The van der Waals surface area contributed by atoms with Crippen LogP contribution in [-0.4, -0.2) is 38.2 Å². The lowest BCUT2D eigenvalue weighted by atomic mass is 10.2. The molecule has 128 valence electrons. The molecule has 2 aromatic heterocycles. The normalized spacial score (nSPS) is 21.3. The molecule has 1 saturated heterocycles. The summed E-state index contributed by atoms with van der Waals surface area (Å²) in [5.74, 6) is 3.30. The Morgan fingerprint density at radius 2 is 2.29 bits per heavy atom. The molecule has 0 aromatic carbocycles. The molecule has 3 heterocycles. The Balaban J connectivity index is 1.38. The monoisotopic (exact) mass is 329 g/mol. The zero-order valence-electron chi connectivity index (χ0n) is 13.9. The van der Waals surface area contributed by atoms with Crippen molar-refractivity contribution in [3.63, 3.8) is 0 Å². The number of carbonyl (C=O) groups excluding carboxylic acids is 1. The first-order chi connectivity index (χ1) is 11.7. The van der Waals surface area contributed by atoms with Crippen LogP contribution in [0.15, 0.2) is 22.8 Å². The summed E-state index contributed by atoms with van der Waals surface area (Å²) in [6, 6.07) is 3.60. The van der Waals surface area contributed by atoms with Crippen molar-refractivity contribution in [3.8, 4) is 0 Å². The molecule has 1 aliphatic heterocycles. The molecule has 0 radical (unpaired) electrons. The Bertz CT molecular complexity index is 705. The third kappa shape index (κ3) is 3.21. The van der Waals surface area contributed by atoms with Gasteiger partial charge in [-0.15, -0.1) is 0 Å². The first kappa shape index (κ1) is 15.4. The summed E-state index contributed by atoms with van der Waals surface area (Å²) >= 11 is 0. The molecule has 4 rings (SSSR count). The third-order valence-corrected chi connectivity index (χ3v) is 4.84. The predicted molar refractivity (Wildman–Crippen MR) is 87.0 cm³/mol. The van der Waals surface area contributed by atoms with E-state index < -0.39 is 0 Å². The number of likely N-dealkylation sites (tertiary alicyclic amines) is 1. The molecule has 0 spiro atoms. The quantitative estimate of drug-likeness (QED) is 0.870. The molecule has 1 atom stereocenters. The minimum absolute atomic E-state index is 0.0634. The van der Waals surface area contributed by atoms with Crippen molar-refractivity contribution in [1.29, 1.82) is 0 Å². The summed E-state index contributed by atoms with van der Waals surface area (Å²) in [5.41, 5.74) is 0. The minimum Gasteiger partial charge on any atom is -0.467 e. The molecular weight excluding hydrogens is 306 g/mol. The summed E-state index contributed by atoms with van der Waals surface area (Å²) in [4.78, 5) is 19.4. The first-order valence-corrected chi connectivity index (χ1v) is 8.64. The number of aryl methyl sites for hydroxylation is 1. The van der Waals surface area contributed by atoms with Crippen LogP contribution in [-0.2, 0) is 24.9 Å². The number of nitrogens with one attached hydrogen (secondary N) is 1. The van der Waals surface area contributed by atoms with Gasteiger partial charge in [0.15, 0.2) is 5.82 Å². The fourth-order valence-electron chi connectivity index (χ4n) is 3.29. The second-order valence-electron chi connectivity index (χ2n) is 6.71. The lowest BCUT2D eigenvalue weighted by molar-refractivity contribution is -0.125. The molecular formula is C17H23N5O2. The molecule has 1 amide bonds. The van der Waals surface area contributed by atoms with Gasteiger partial charge >= 0.3 is 0 Å². The highest BCUT2D eigenvalue weighted by molar-refractivity contribution is 5.81. The Morgan fingerprint density at radius 3 is 3.04 bits per heavy atom. The highest BCUT2D eigenvalue weighted by Gasteiger charge is 2.33. The fraction of sp³-hybridized carbons (Fsp3) is 0.588. The second-order valence-corrected chi connectivity index (χ2v) is 6.71. The Hall–Kier alpha value is -2.15. The number of hydrogen-bond donors (Lipinski definition) is 1. The summed E-state index contributed by atoms with van der Waals surface area (Å²) in [6.45, 7) is 2.03. The lowest BCUT2D eigenvalue weighted by Crippen LogP contribution is -2.42. The maximum atomic E-state index is 12.5. The Morgan fingerprint density at radius 1 is 1.42 bits per heavy atom. The molecule has 24 heavy (non-hydrogen) atoms. The third-order valence-electron chi connectivity index (χ3n) is 4.84. The fourth-order valence-corrected chi connectivity index (χ4v) is 3.29. The average molecular weight is 329 g/mol. The molecule has 2 fully saturated rings. The molecule has 7 heteroatoms. The highest BCUT2D eigenvalue weighted by Crippen LogP contribution is 2.38. The van der Waals surface area contributed by atoms with Gasteiger partial charge in [0.1, 0.15) is 11.6 Å². The van der Waals surface area contributed by atoms with Gasteiger partial charge < -0.3 is 9.73 Å². The maximum Gasteiger partial charge on any atom is 0.237 e. The summed E-state index contributed by atoms with van der Waals surface area (Å²) in [7, 11) is 1.94. The summed E-state index contributed by atoms with van der Waals surface area (Å²) < 4.78 is 7.13. The largest absolute Gasteiger partial charge is 0.467 e. The van der Waals surface area contributed by atoms with Crippen LogP contribution in [0.5, 0.6) is 0 Å². The van der Waals surface area contributed by atoms with E-state index in [0.29, 0.717) is 19.0 Å². The van der Waals surface area contributed by atoms with Crippen LogP contribution < -0.4 is 5.32 Å². The molecule has 1 unspecified atom stereocenters. The smallest absolute Gasteiger partial charge is 0.237 e. The summed E-state index contributed by atoms with van der Waals surface area (Å²) in [5, 5.41) is 7.49. The van der Waals surface area contributed by atoms with Crippen LogP contribution in [0.3, 0.4) is 0 Å². The van der Waals surface area contributed by atoms with Gasteiger partial charge in [0, 0.05) is 13.0 Å². The van der Waals surface area contributed by atoms with Crippen molar-refractivity contribution in [2.45, 2.75) is 50.7 Å². The van der Waals surface area contributed by atoms with E-state index in [1.807, 2.05) is 23.9 Å². The van der Waals surface area contributed by atoms with Crippen molar-refractivity contribution < 1.29 is 9.21 Å². The summed E-state index contributed by atoms with van der Waals surface area (Å²) in [6.07, 6.45) is 5.94. The number of nitrogens with zero attached hydrogens (tertiary/aromatic N) is 4. The molecule has 1 saturated carbocycles. The topological polar surface area (TPSA) is 76.2 Å². The van der Waals surface area contributed by atoms with Crippen molar-refractivity contribution in [2.24, 2.45) is 7.05 Å². The van der Waals surface area contributed by atoms with E-state index in [4.69, 9.17) is 4.42 Å². The van der Waals surface area contributed by atoms with Crippen LogP contribution in [0, 0.1) is 0 Å². The van der Waals surface area contributed by atoms with Crippen LogP contribution in [0.2, 0.25) is 0 Å².